The molecule has 0 aromatic heterocycles. The van der Waals surface area contributed by atoms with E-state index in [1.165, 1.54) is 12.8 Å². The van der Waals surface area contributed by atoms with Gasteiger partial charge in [0, 0.05) is 13.2 Å². The van der Waals surface area contributed by atoms with Crippen molar-refractivity contribution in [1.82, 2.24) is 5.32 Å². The first-order chi connectivity index (χ1) is 7.77. The second-order valence-electron chi connectivity index (χ2n) is 4.50. The third-order valence-electron chi connectivity index (χ3n) is 2.22. The summed E-state index contributed by atoms with van der Waals surface area (Å²) in [5.41, 5.74) is 0. The smallest absolute Gasteiger partial charge is 0.0700 e. The van der Waals surface area contributed by atoms with Crippen LogP contribution in [0.4, 0.5) is 0 Å². The Morgan fingerprint density at radius 3 is 2.38 bits per heavy atom. The van der Waals surface area contributed by atoms with E-state index in [1.54, 1.807) is 0 Å². The van der Waals surface area contributed by atoms with E-state index in [2.05, 4.69) is 26.1 Å². The fraction of sp³-hybridized carbons (Fsp3) is 1.00. The van der Waals surface area contributed by atoms with Gasteiger partial charge in [0.2, 0.25) is 0 Å². The Bertz CT molecular complexity index is 129. The van der Waals surface area contributed by atoms with Crippen LogP contribution in [0.15, 0.2) is 0 Å². The predicted octanol–water partition coefficient (Wildman–Crippen LogP) is 2.46. The van der Waals surface area contributed by atoms with E-state index in [0.29, 0.717) is 5.92 Å². The topological polar surface area (TPSA) is 30.5 Å². The van der Waals surface area contributed by atoms with E-state index in [9.17, 15) is 0 Å². The summed E-state index contributed by atoms with van der Waals surface area (Å²) in [6.45, 7) is 11.8. The summed E-state index contributed by atoms with van der Waals surface area (Å²) in [4.78, 5) is 0. The predicted molar refractivity (Wildman–Crippen MR) is 68.9 cm³/mol. The lowest BCUT2D eigenvalue weighted by Crippen LogP contribution is -2.14. The Kier molecular flexibility index (Phi) is 12.9. The molecule has 98 valence electrons. The Hall–Kier alpha value is -0.120. The molecule has 0 aliphatic rings. The van der Waals surface area contributed by atoms with Crippen molar-refractivity contribution in [3.8, 4) is 0 Å². The number of hydrogen-bond acceptors (Lipinski definition) is 3. The van der Waals surface area contributed by atoms with E-state index in [1.807, 2.05) is 0 Å². The SMILES string of the molecule is CCNCCCCCOCCOCC(C)C. The summed E-state index contributed by atoms with van der Waals surface area (Å²) in [7, 11) is 0. The molecule has 0 rings (SSSR count). The summed E-state index contributed by atoms with van der Waals surface area (Å²) in [5, 5.41) is 3.32. The van der Waals surface area contributed by atoms with E-state index in [4.69, 9.17) is 9.47 Å². The van der Waals surface area contributed by atoms with Gasteiger partial charge in [-0.25, -0.2) is 0 Å². The molecular weight excluding hydrogens is 202 g/mol. The molecule has 16 heavy (non-hydrogen) atoms. The third-order valence-corrected chi connectivity index (χ3v) is 2.22. The summed E-state index contributed by atoms with van der Waals surface area (Å²) in [5.74, 6) is 0.617. The molecule has 3 heteroatoms. The van der Waals surface area contributed by atoms with Gasteiger partial charge in [-0.05, 0) is 38.3 Å². The van der Waals surface area contributed by atoms with E-state index in [0.717, 1.165) is 45.9 Å². The van der Waals surface area contributed by atoms with Gasteiger partial charge >= 0.3 is 0 Å². The molecule has 0 aliphatic heterocycles. The van der Waals surface area contributed by atoms with Crippen LogP contribution in [0.2, 0.25) is 0 Å². The fourth-order valence-corrected chi connectivity index (χ4v) is 1.35. The number of nitrogens with one attached hydrogen (secondary N) is 1. The molecule has 0 saturated heterocycles. The highest BCUT2D eigenvalue weighted by atomic mass is 16.5. The summed E-state index contributed by atoms with van der Waals surface area (Å²) < 4.78 is 10.9. The number of unbranched alkanes of at least 4 members (excludes halogenated alkanes) is 2. The lowest BCUT2D eigenvalue weighted by Gasteiger charge is -2.07. The Labute approximate surface area is 101 Å². The molecular formula is C13H29NO2. The van der Waals surface area contributed by atoms with Crippen molar-refractivity contribution in [1.29, 1.82) is 0 Å². The zero-order chi connectivity index (χ0) is 12.1. The molecule has 0 heterocycles. The maximum atomic E-state index is 5.48. The van der Waals surface area contributed by atoms with Crippen molar-refractivity contribution in [2.75, 3.05) is 39.5 Å². The van der Waals surface area contributed by atoms with Crippen LogP contribution in [-0.2, 0) is 9.47 Å². The Morgan fingerprint density at radius 2 is 1.69 bits per heavy atom. The fourth-order valence-electron chi connectivity index (χ4n) is 1.35. The molecule has 1 N–H and O–H groups in total. The lowest BCUT2D eigenvalue weighted by molar-refractivity contribution is 0.0366. The van der Waals surface area contributed by atoms with Crippen molar-refractivity contribution in [3.63, 3.8) is 0 Å². The minimum atomic E-state index is 0.617. The standard InChI is InChI=1S/C13H29NO2/c1-4-14-8-6-5-7-9-15-10-11-16-12-13(2)3/h13-14H,4-12H2,1-3H3. The highest BCUT2D eigenvalue weighted by Gasteiger charge is 1.94. The molecule has 0 aromatic rings. The quantitative estimate of drug-likeness (QED) is 0.523. The molecule has 0 fully saturated rings. The average molecular weight is 231 g/mol. The van der Waals surface area contributed by atoms with Crippen molar-refractivity contribution in [2.24, 2.45) is 5.92 Å². The molecule has 0 saturated carbocycles. The molecule has 0 unspecified atom stereocenters. The zero-order valence-corrected chi connectivity index (χ0v) is 11.3. The van der Waals surface area contributed by atoms with Crippen LogP contribution in [-0.4, -0.2) is 39.5 Å². The van der Waals surface area contributed by atoms with Gasteiger partial charge in [0.15, 0.2) is 0 Å². The second-order valence-corrected chi connectivity index (χ2v) is 4.50. The van der Waals surface area contributed by atoms with Gasteiger partial charge in [-0.1, -0.05) is 20.8 Å². The van der Waals surface area contributed by atoms with Crippen molar-refractivity contribution in [2.45, 2.75) is 40.0 Å². The van der Waals surface area contributed by atoms with Gasteiger partial charge < -0.3 is 14.8 Å². The van der Waals surface area contributed by atoms with Crippen LogP contribution in [0.3, 0.4) is 0 Å². The number of hydrogen-bond donors (Lipinski definition) is 1. The third kappa shape index (κ3) is 13.9. The van der Waals surface area contributed by atoms with Crippen LogP contribution in [0, 0.1) is 5.92 Å². The van der Waals surface area contributed by atoms with Crippen LogP contribution in [0.25, 0.3) is 0 Å². The molecule has 3 nitrogen and oxygen atoms in total. The summed E-state index contributed by atoms with van der Waals surface area (Å²) in [6.07, 6.45) is 3.66. The normalized spacial score (nSPS) is 11.2. The molecule has 0 atom stereocenters. The van der Waals surface area contributed by atoms with Crippen molar-refractivity contribution in [3.05, 3.63) is 0 Å². The van der Waals surface area contributed by atoms with Gasteiger partial charge in [-0.3, -0.25) is 0 Å². The summed E-state index contributed by atoms with van der Waals surface area (Å²) >= 11 is 0. The number of ether oxygens (including phenoxy) is 2. The minimum absolute atomic E-state index is 0.617. The lowest BCUT2D eigenvalue weighted by atomic mass is 10.2. The first-order valence-electron chi connectivity index (χ1n) is 6.63. The van der Waals surface area contributed by atoms with Gasteiger partial charge in [0.05, 0.1) is 13.2 Å². The van der Waals surface area contributed by atoms with E-state index >= 15 is 0 Å². The van der Waals surface area contributed by atoms with Gasteiger partial charge in [0.1, 0.15) is 0 Å². The average Bonchev–Trinajstić information content (AvgIpc) is 2.25. The number of rotatable bonds is 12. The molecule has 0 aliphatic carbocycles. The maximum Gasteiger partial charge on any atom is 0.0700 e. The van der Waals surface area contributed by atoms with E-state index < -0.39 is 0 Å². The van der Waals surface area contributed by atoms with Crippen molar-refractivity contribution >= 4 is 0 Å². The van der Waals surface area contributed by atoms with Crippen LogP contribution in [0.5, 0.6) is 0 Å². The highest BCUT2D eigenvalue weighted by molar-refractivity contribution is 4.46. The van der Waals surface area contributed by atoms with E-state index in [-0.39, 0.29) is 0 Å². The maximum absolute atomic E-state index is 5.48. The van der Waals surface area contributed by atoms with Crippen LogP contribution < -0.4 is 5.32 Å². The van der Waals surface area contributed by atoms with Gasteiger partial charge in [-0.15, -0.1) is 0 Å². The monoisotopic (exact) mass is 231 g/mol. The first-order valence-corrected chi connectivity index (χ1v) is 6.63. The highest BCUT2D eigenvalue weighted by Crippen LogP contribution is 1.95. The zero-order valence-electron chi connectivity index (χ0n) is 11.3. The van der Waals surface area contributed by atoms with Crippen LogP contribution in [0.1, 0.15) is 40.0 Å². The van der Waals surface area contributed by atoms with Crippen molar-refractivity contribution < 1.29 is 9.47 Å². The second kappa shape index (κ2) is 12.9. The molecule has 0 radical (unpaired) electrons. The molecule has 0 spiro atoms. The Balaban J connectivity index is 2.88. The molecule has 0 aromatic carbocycles. The van der Waals surface area contributed by atoms with Crippen LogP contribution >= 0.6 is 0 Å². The molecule has 0 amide bonds. The minimum Gasteiger partial charge on any atom is -0.379 e. The first kappa shape index (κ1) is 15.9. The van der Waals surface area contributed by atoms with Gasteiger partial charge in [-0.2, -0.15) is 0 Å². The Morgan fingerprint density at radius 1 is 0.938 bits per heavy atom. The summed E-state index contributed by atoms with van der Waals surface area (Å²) in [6, 6.07) is 0. The largest absolute Gasteiger partial charge is 0.379 e. The van der Waals surface area contributed by atoms with Gasteiger partial charge in [0.25, 0.3) is 0 Å². The molecule has 0 bridgehead atoms.